The van der Waals surface area contributed by atoms with Gasteiger partial charge in [0.25, 0.3) is 0 Å². The van der Waals surface area contributed by atoms with Gasteiger partial charge in [-0.3, -0.25) is 4.79 Å². The summed E-state index contributed by atoms with van der Waals surface area (Å²) in [6.45, 7) is 0. The molecule has 0 spiro atoms. The molecule has 0 saturated heterocycles. The van der Waals surface area contributed by atoms with E-state index >= 15 is 0 Å². The SMILES string of the molecule is O=C(O)C(=O)C(O)(O)C(O)(O)C(=O)O. The fourth-order valence-electron chi connectivity index (χ4n) is 0.457. The molecule has 0 amide bonds. The topological polar surface area (TPSA) is 173 Å². The van der Waals surface area contributed by atoms with Crippen molar-refractivity contribution in [2.75, 3.05) is 0 Å². The van der Waals surface area contributed by atoms with Gasteiger partial charge in [-0.1, -0.05) is 0 Å². The number of ketones is 1. The monoisotopic (exact) mass is 210 g/mol. The maximum absolute atomic E-state index is 10.4. The van der Waals surface area contributed by atoms with Crippen LogP contribution >= 0.6 is 0 Å². The first kappa shape index (κ1) is 12.4. The molecule has 0 aliphatic heterocycles. The van der Waals surface area contributed by atoms with Gasteiger partial charge in [-0.05, 0) is 0 Å². The molecule has 0 aliphatic rings. The van der Waals surface area contributed by atoms with E-state index in [-0.39, 0.29) is 0 Å². The van der Waals surface area contributed by atoms with Crippen molar-refractivity contribution in [3.63, 3.8) is 0 Å². The van der Waals surface area contributed by atoms with E-state index in [9.17, 15) is 14.4 Å². The Balaban J connectivity index is 5.24. The summed E-state index contributed by atoms with van der Waals surface area (Å²) in [7, 11) is 0. The quantitative estimate of drug-likeness (QED) is 0.200. The molecule has 0 unspecified atom stereocenters. The summed E-state index contributed by atoms with van der Waals surface area (Å²) < 4.78 is 0. The average Bonchev–Trinajstić information content (AvgIpc) is 2.01. The lowest BCUT2D eigenvalue weighted by molar-refractivity contribution is -0.325. The van der Waals surface area contributed by atoms with Crippen LogP contribution in [0.2, 0.25) is 0 Å². The highest BCUT2D eigenvalue weighted by Crippen LogP contribution is 2.18. The zero-order valence-corrected chi connectivity index (χ0v) is 6.41. The van der Waals surface area contributed by atoms with E-state index in [0.717, 1.165) is 0 Å². The summed E-state index contributed by atoms with van der Waals surface area (Å²) in [6.07, 6.45) is 0. The Hall–Kier alpha value is -1.55. The smallest absolute Gasteiger partial charge is 0.378 e. The van der Waals surface area contributed by atoms with E-state index in [2.05, 4.69) is 0 Å². The largest absolute Gasteiger partial charge is 0.477 e. The van der Waals surface area contributed by atoms with Gasteiger partial charge in [-0.15, -0.1) is 0 Å². The Bertz CT molecular complexity index is 288. The van der Waals surface area contributed by atoms with Gasteiger partial charge in [0.15, 0.2) is 0 Å². The molecule has 0 aromatic rings. The minimum absolute atomic E-state index is 2.43. The molecule has 0 heterocycles. The van der Waals surface area contributed by atoms with Crippen LogP contribution in [0.4, 0.5) is 0 Å². The molecule has 0 rings (SSSR count). The lowest BCUT2D eigenvalue weighted by Crippen LogP contribution is -2.65. The molecular weight excluding hydrogens is 204 g/mol. The second-order valence-electron chi connectivity index (χ2n) is 2.28. The van der Waals surface area contributed by atoms with Crippen LogP contribution < -0.4 is 0 Å². The lowest BCUT2D eigenvalue weighted by Gasteiger charge is -2.27. The van der Waals surface area contributed by atoms with Crippen molar-refractivity contribution in [2.45, 2.75) is 11.6 Å². The molecule has 0 aromatic heterocycles. The highest BCUT2D eigenvalue weighted by Gasteiger charge is 2.61. The predicted molar refractivity (Wildman–Crippen MR) is 34.6 cm³/mol. The summed E-state index contributed by atoms with van der Waals surface area (Å²) in [5, 5.41) is 50.2. The number of carbonyl (C=O) groups excluding carboxylic acids is 1. The van der Waals surface area contributed by atoms with E-state index in [4.69, 9.17) is 30.6 Å². The molecule has 0 aliphatic carbocycles. The number of carbonyl (C=O) groups is 3. The number of aliphatic carboxylic acids is 2. The van der Waals surface area contributed by atoms with Crippen LogP contribution in [-0.2, 0) is 14.4 Å². The Morgan fingerprint density at radius 3 is 1.36 bits per heavy atom. The zero-order valence-electron chi connectivity index (χ0n) is 6.41. The van der Waals surface area contributed by atoms with Crippen molar-refractivity contribution < 1.29 is 45.0 Å². The van der Waals surface area contributed by atoms with Crippen molar-refractivity contribution >= 4 is 17.7 Å². The van der Waals surface area contributed by atoms with Crippen LogP contribution in [0.5, 0.6) is 0 Å². The number of carboxylic acid groups (broad SMARTS) is 2. The molecule has 0 radical (unpaired) electrons. The molecular formula is C5H6O9. The van der Waals surface area contributed by atoms with Crippen molar-refractivity contribution in [1.29, 1.82) is 0 Å². The van der Waals surface area contributed by atoms with Gasteiger partial charge in [0, 0.05) is 0 Å². The Kier molecular flexibility index (Phi) is 2.94. The zero-order chi connectivity index (χ0) is 11.7. The lowest BCUT2D eigenvalue weighted by atomic mass is 10.0. The fourth-order valence-corrected chi connectivity index (χ4v) is 0.457. The van der Waals surface area contributed by atoms with Crippen LogP contribution in [0.3, 0.4) is 0 Å². The summed E-state index contributed by atoms with van der Waals surface area (Å²) in [5.74, 6) is -16.1. The number of Topliss-reactive ketones (excluding diaryl/α,β-unsaturated/α-hetero) is 1. The van der Waals surface area contributed by atoms with E-state index in [0.29, 0.717) is 0 Å². The summed E-state index contributed by atoms with van der Waals surface area (Å²) in [4.78, 5) is 30.4. The minimum atomic E-state index is -4.33. The molecule has 6 N–H and O–H groups in total. The third kappa shape index (κ3) is 1.70. The van der Waals surface area contributed by atoms with Gasteiger partial charge in [-0.2, -0.15) is 0 Å². The van der Waals surface area contributed by atoms with Crippen LogP contribution in [0.25, 0.3) is 0 Å². The number of hydrogen-bond donors (Lipinski definition) is 6. The first-order valence-electron chi connectivity index (χ1n) is 2.95. The van der Waals surface area contributed by atoms with Crippen molar-refractivity contribution in [3.05, 3.63) is 0 Å². The van der Waals surface area contributed by atoms with E-state index in [1.165, 1.54) is 0 Å². The van der Waals surface area contributed by atoms with E-state index in [1.807, 2.05) is 0 Å². The van der Waals surface area contributed by atoms with E-state index in [1.54, 1.807) is 0 Å². The van der Waals surface area contributed by atoms with Gasteiger partial charge in [-0.25, -0.2) is 9.59 Å². The van der Waals surface area contributed by atoms with Crippen LogP contribution in [-0.4, -0.2) is 59.9 Å². The summed E-state index contributed by atoms with van der Waals surface area (Å²) in [5.41, 5.74) is 0. The second kappa shape index (κ2) is 3.31. The molecule has 9 heteroatoms. The summed E-state index contributed by atoms with van der Waals surface area (Å²) >= 11 is 0. The molecule has 0 atom stereocenters. The first-order valence-corrected chi connectivity index (χ1v) is 2.95. The maximum atomic E-state index is 10.4. The Labute approximate surface area is 75.4 Å². The van der Waals surface area contributed by atoms with Gasteiger partial charge >= 0.3 is 29.3 Å². The number of aliphatic hydroxyl groups is 4. The molecule has 0 bridgehead atoms. The number of carboxylic acids is 2. The van der Waals surface area contributed by atoms with Crippen LogP contribution in [0.15, 0.2) is 0 Å². The normalized spacial score (nSPS) is 12.3. The maximum Gasteiger partial charge on any atom is 0.378 e. The molecule has 0 saturated carbocycles. The second-order valence-corrected chi connectivity index (χ2v) is 2.28. The highest BCUT2D eigenvalue weighted by atomic mass is 16.6. The number of hydrogen-bond acceptors (Lipinski definition) is 7. The number of rotatable bonds is 4. The minimum Gasteiger partial charge on any atom is -0.477 e. The fraction of sp³-hybridized carbons (Fsp3) is 0.400. The van der Waals surface area contributed by atoms with Crippen molar-refractivity contribution in [2.24, 2.45) is 0 Å². The Morgan fingerprint density at radius 1 is 0.786 bits per heavy atom. The summed E-state index contributed by atoms with van der Waals surface area (Å²) in [6, 6.07) is 0. The standard InChI is InChI=1S/C5H6O9/c6-1(2(7)8)4(11,12)5(13,14)3(9)10/h11-14H,(H,7,8)(H,9,10). The molecule has 9 nitrogen and oxygen atoms in total. The third-order valence-electron chi connectivity index (χ3n) is 1.30. The van der Waals surface area contributed by atoms with Gasteiger partial charge < -0.3 is 30.6 Å². The third-order valence-corrected chi connectivity index (χ3v) is 1.30. The Morgan fingerprint density at radius 2 is 1.14 bits per heavy atom. The van der Waals surface area contributed by atoms with Crippen molar-refractivity contribution in [3.8, 4) is 0 Å². The molecule has 14 heavy (non-hydrogen) atoms. The van der Waals surface area contributed by atoms with Gasteiger partial charge in [0.1, 0.15) is 0 Å². The molecule has 80 valence electrons. The highest BCUT2D eigenvalue weighted by molar-refractivity contribution is 6.36. The molecule has 0 aromatic carbocycles. The van der Waals surface area contributed by atoms with Gasteiger partial charge in [0.2, 0.25) is 0 Å². The van der Waals surface area contributed by atoms with Crippen molar-refractivity contribution in [1.82, 2.24) is 0 Å². The predicted octanol–water partition coefficient (Wildman–Crippen LogP) is -3.91. The van der Waals surface area contributed by atoms with Crippen LogP contribution in [0, 0.1) is 0 Å². The first-order chi connectivity index (χ1) is 6.05. The molecule has 0 fully saturated rings. The average molecular weight is 210 g/mol. The van der Waals surface area contributed by atoms with Crippen LogP contribution in [0.1, 0.15) is 0 Å². The van der Waals surface area contributed by atoms with E-state index < -0.39 is 29.3 Å². The van der Waals surface area contributed by atoms with Gasteiger partial charge in [0.05, 0.1) is 0 Å².